The summed E-state index contributed by atoms with van der Waals surface area (Å²) in [7, 11) is 0. The maximum absolute atomic E-state index is 12.7. The Labute approximate surface area is 156 Å². The molecule has 0 unspecified atom stereocenters. The molecule has 1 heterocycles. The summed E-state index contributed by atoms with van der Waals surface area (Å²) in [6.45, 7) is 0. The molecule has 0 fully saturated rings. The van der Waals surface area contributed by atoms with Gasteiger partial charge in [-0.1, -0.05) is 12.1 Å². The molecule has 3 nitrogen and oxygen atoms in total. The van der Waals surface area contributed by atoms with E-state index in [-0.39, 0.29) is 16.8 Å². The van der Waals surface area contributed by atoms with Crippen LogP contribution < -0.4 is 4.90 Å². The molecule has 0 saturated carbocycles. The first kappa shape index (κ1) is 19.6. The first-order valence-corrected chi connectivity index (χ1v) is 8.72. The van der Waals surface area contributed by atoms with Crippen LogP contribution in [-0.4, -0.2) is 22.8 Å². The van der Waals surface area contributed by atoms with Crippen LogP contribution >= 0.6 is 23.5 Å². The third-order valence-corrected chi connectivity index (χ3v) is 4.79. The van der Waals surface area contributed by atoms with Gasteiger partial charge in [-0.05, 0) is 53.9 Å². The van der Waals surface area contributed by atoms with Gasteiger partial charge in [0.25, 0.3) is 11.8 Å². The monoisotopic (exact) mass is 423 g/mol. The Balaban J connectivity index is 2.07. The lowest BCUT2D eigenvalue weighted by Gasteiger charge is -2.17. The van der Waals surface area contributed by atoms with E-state index in [2.05, 4.69) is 0 Å². The van der Waals surface area contributed by atoms with Gasteiger partial charge >= 0.3 is 11.0 Å². The SMILES string of the molecule is O=C1c2ccccc2C(=O)N1c1cc(SC(F)(F)F)cc(SC(F)(F)F)c1. The predicted molar refractivity (Wildman–Crippen MR) is 87.8 cm³/mol. The highest BCUT2D eigenvalue weighted by Crippen LogP contribution is 2.44. The first-order chi connectivity index (χ1) is 12.4. The van der Waals surface area contributed by atoms with E-state index in [1.807, 2.05) is 0 Å². The Morgan fingerprint density at radius 1 is 0.704 bits per heavy atom. The summed E-state index contributed by atoms with van der Waals surface area (Å²) in [6.07, 6.45) is 0. The number of imide groups is 1. The number of hydrogen-bond acceptors (Lipinski definition) is 4. The van der Waals surface area contributed by atoms with E-state index >= 15 is 0 Å². The lowest BCUT2D eigenvalue weighted by molar-refractivity contribution is -0.0334. The van der Waals surface area contributed by atoms with Crippen molar-refractivity contribution in [1.29, 1.82) is 0 Å². The van der Waals surface area contributed by atoms with Crippen LogP contribution in [0.4, 0.5) is 32.0 Å². The Morgan fingerprint density at radius 3 is 1.48 bits per heavy atom. The lowest BCUT2D eigenvalue weighted by Crippen LogP contribution is -2.29. The number of thioether (sulfide) groups is 2. The first-order valence-electron chi connectivity index (χ1n) is 7.09. The summed E-state index contributed by atoms with van der Waals surface area (Å²) < 4.78 is 76.0. The molecule has 11 heteroatoms. The fraction of sp³-hybridized carbons (Fsp3) is 0.125. The van der Waals surface area contributed by atoms with E-state index in [1.165, 1.54) is 24.3 Å². The molecule has 0 aromatic heterocycles. The number of carbonyl (C=O) groups excluding carboxylic acids is 2. The zero-order chi connectivity index (χ0) is 20.0. The van der Waals surface area contributed by atoms with Crippen LogP contribution in [0.15, 0.2) is 52.3 Å². The third-order valence-electron chi connectivity index (χ3n) is 3.38. The van der Waals surface area contributed by atoms with Gasteiger partial charge < -0.3 is 0 Å². The number of anilines is 1. The second kappa shape index (κ2) is 6.79. The number of benzene rings is 2. The quantitative estimate of drug-likeness (QED) is 0.360. The smallest absolute Gasteiger partial charge is 0.268 e. The molecule has 1 aliphatic heterocycles. The number of carbonyl (C=O) groups is 2. The molecule has 0 spiro atoms. The van der Waals surface area contributed by atoms with Crippen LogP contribution in [0.3, 0.4) is 0 Å². The molecule has 3 rings (SSSR count). The number of nitrogens with zero attached hydrogens (tertiary/aromatic N) is 1. The average molecular weight is 423 g/mol. The minimum atomic E-state index is -4.75. The number of amides is 2. The summed E-state index contributed by atoms with van der Waals surface area (Å²) in [4.78, 5) is 24.3. The maximum atomic E-state index is 12.7. The molecule has 0 saturated heterocycles. The van der Waals surface area contributed by atoms with Gasteiger partial charge in [0.2, 0.25) is 0 Å². The van der Waals surface area contributed by atoms with E-state index < -0.39 is 56.1 Å². The van der Waals surface area contributed by atoms with E-state index in [0.717, 1.165) is 12.1 Å². The fourth-order valence-electron chi connectivity index (χ4n) is 2.49. The fourth-order valence-corrected chi connectivity index (χ4v) is 3.83. The van der Waals surface area contributed by atoms with Crippen molar-refractivity contribution >= 4 is 41.0 Å². The van der Waals surface area contributed by atoms with Crippen LogP contribution in [0.5, 0.6) is 0 Å². The number of halogens is 6. The second-order valence-electron chi connectivity index (χ2n) is 5.25. The third kappa shape index (κ3) is 4.41. The molecular formula is C16H7F6NO2S2. The van der Waals surface area contributed by atoms with Crippen molar-refractivity contribution in [2.45, 2.75) is 20.8 Å². The van der Waals surface area contributed by atoms with Crippen molar-refractivity contribution in [3.05, 3.63) is 53.6 Å². The normalized spacial score (nSPS) is 14.7. The zero-order valence-electron chi connectivity index (χ0n) is 12.9. The Bertz CT molecular complexity index is 857. The molecular weight excluding hydrogens is 416 g/mol. The highest BCUT2D eigenvalue weighted by molar-refractivity contribution is 8.01. The summed E-state index contributed by atoms with van der Waals surface area (Å²) in [5.41, 5.74) is -9.80. The number of rotatable bonds is 3. The zero-order valence-corrected chi connectivity index (χ0v) is 14.5. The molecule has 2 aromatic carbocycles. The van der Waals surface area contributed by atoms with Crippen molar-refractivity contribution < 1.29 is 35.9 Å². The van der Waals surface area contributed by atoms with Crippen LogP contribution in [0.25, 0.3) is 0 Å². The minimum absolute atomic E-state index is 0.0291. The summed E-state index contributed by atoms with van der Waals surface area (Å²) in [5.74, 6) is -1.62. The van der Waals surface area contributed by atoms with Gasteiger partial charge in [-0.15, -0.1) is 0 Å². The Hall–Kier alpha value is -2.14. The molecule has 2 aromatic rings. The van der Waals surface area contributed by atoms with Gasteiger partial charge in [0, 0.05) is 9.79 Å². The van der Waals surface area contributed by atoms with Gasteiger partial charge in [-0.25, -0.2) is 4.90 Å². The standard InChI is InChI=1S/C16H7F6NO2S2/c17-15(18,19)26-9-5-8(6-10(7-9)27-16(20,21)22)23-13(24)11-3-1-2-4-12(11)14(23)25/h1-7H. The van der Waals surface area contributed by atoms with E-state index in [9.17, 15) is 35.9 Å². The molecule has 0 atom stereocenters. The summed E-state index contributed by atoms with van der Waals surface area (Å²) >= 11 is -1.26. The van der Waals surface area contributed by atoms with Crippen molar-refractivity contribution in [3.63, 3.8) is 0 Å². The van der Waals surface area contributed by atoms with Gasteiger partial charge in [0.1, 0.15) is 0 Å². The number of fused-ring (bicyclic) bond motifs is 1. The molecule has 0 aliphatic carbocycles. The largest absolute Gasteiger partial charge is 0.446 e. The molecule has 27 heavy (non-hydrogen) atoms. The maximum Gasteiger partial charge on any atom is 0.446 e. The van der Waals surface area contributed by atoms with Crippen molar-refractivity contribution in [2.24, 2.45) is 0 Å². The molecule has 0 bridgehead atoms. The molecule has 0 radical (unpaired) electrons. The molecule has 0 N–H and O–H groups in total. The van der Waals surface area contributed by atoms with E-state index in [0.29, 0.717) is 11.0 Å². The van der Waals surface area contributed by atoms with Gasteiger partial charge in [-0.3, -0.25) is 9.59 Å². The van der Waals surface area contributed by atoms with Crippen LogP contribution in [-0.2, 0) is 0 Å². The van der Waals surface area contributed by atoms with Crippen LogP contribution in [0.1, 0.15) is 20.7 Å². The van der Waals surface area contributed by atoms with Gasteiger partial charge in [-0.2, -0.15) is 26.3 Å². The summed E-state index contributed by atoms with van der Waals surface area (Å²) in [5, 5.41) is 0. The van der Waals surface area contributed by atoms with Crippen molar-refractivity contribution in [2.75, 3.05) is 4.90 Å². The topological polar surface area (TPSA) is 37.4 Å². The molecule has 2 amide bonds. The van der Waals surface area contributed by atoms with Crippen molar-refractivity contribution in [1.82, 2.24) is 0 Å². The average Bonchev–Trinajstić information content (AvgIpc) is 2.75. The van der Waals surface area contributed by atoms with Crippen LogP contribution in [0, 0.1) is 0 Å². The van der Waals surface area contributed by atoms with Crippen molar-refractivity contribution in [3.8, 4) is 0 Å². The second-order valence-corrected chi connectivity index (χ2v) is 7.53. The van der Waals surface area contributed by atoms with Gasteiger partial charge in [0.15, 0.2) is 0 Å². The van der Waals surface area contributed by atoms with Crippen LogP contribution in [0.2, 0.25) is 0 Å². The van der Waals surface area contributed by atoms with Gasteiger partial charge in [0.05, 0.1) is 16.8 Å². The molecule has 1 aliphatic rings. The van der Waals surface area contributed by atoms with E-state index in [1.54, 1.807) is 0 Å². The number of hydrogen-bond donors (Lipinski definition) is 0. The Kier molecular flexibility index (Phi) is 4.93. The highest BCUT2D eigenvalue weighted by Gasteiger charge is 2.38. The summed E-state index contributed by atoms with van der Waals surface area (Å²) in [6, 6.07) is 8.13. The molecule has 142 valence electrons. The minimum Gasteiger partial charge on any atom is -0.268 e. The highest BCUT2D eigenvalue weighted by atomic mass is 32.2. The van der Waals surface area contributed by atoms with E-state index in [4.69, 9.17) is 0 Å². The Morgan fingerprint density at radius 2 is 1.11 bits per heavy atom. The predicted octanol–water partition coefficient (Wildman–Crippen LogP) is 5.71. The number of alkyl halides is 6. The lowest BCUT2D eigenvalue weighted by atomic mass is 10.1.